The molecule has 0 aliphatic carbocycles. The predicted octanol–water partition coefficient (Wildman–Crippen LogP) is 5.57. The molecule has 36 heavy (non-hydrogen) atoms. The number of carbonyl (C=O) groups excluding carboxylic acids is 1. The number of carbonyl (C=O) groups is 1. The molecule has 0 bridgehead atoms. The zero-order chi connectivity index (χ0) is 25.7. The molecule has 0 radical (unpaired) electrons. The molecule has 4 aromatic rings. The number of ether oxygens (including phenoxy) is 1. The molecule has 0 fully saturated rings. The maximum Gasteiger partial charge on any atom is 0.271 e. The lowest BCUT2D eigenvalue weighted by molar-refractivity contribution is -0.384. The number of nitro groups is 1. The highest BCUT2D eigenvalue weighted by molar-refractivity contribution is 8.00. The van der Waals surface area contributed by atoms with Gasteiger partial charge in [-0.05, 0) is 56.3 Å². The fourth-order valence-electron chi connectivity index (χ4n) is 3.36. The van der Waals surface area contributed by atoms with E-state index in [1.165, 1.54) is 54.2 Å². The Hall–Kier alpha value is -4.25. The molecule has 184 valence electrons. The van der Waals surface area contributed by atoms with E-state index in [0.717, 1.165) is 5.69 Å². The molecule has 3 aromatic carbocycles. The number of non-ortho nitro benzene ring substituents is 1. The highest BCUT2D eigenvalue weighted by Gasteiger charge is 2.25. The third-order valence-electron chi connectivity index (χ3n) is 5.14. The smallest absolute Gasteiger partial charge is 0.271 e. The summed E-state index contributed by atoms with van der Waals surface area (Å²) in [4.78, 5) is 23.3. The molecular formula is C25H22FN5O4S. The molecule has 1 amide bonds. The second kappa shape index (κ2) is 11.0. The molecule has 2 atom stereocenters. The standard InChI is InChI=1S/C25H22FN5O4S/c1-16(35-22-13-11-18(26)12-14-22)23-28-29-25(30(23)20-8-4-3-5-9-20)36-17(2)24(32)27-19-7-6-10-21(15-19)31(33)34/h3-17H,1-2H3,(H,27,32). The fraction of sp³-hybridized carbons (Fsp3) is 0.160. The molecule has 4 rings (SSSR count). The predicted molar refractivity (Wildman–Crippen MR) is 134 cm³/mol. The van der Waals surface area contributed by atoms with Gasteiger partial charge in [0.05, 0.1) is 10.2 Å². The third kappa shape index (κ3) is 5.87. The minimum atomic E-state index is -0.600. The van der Waals surface area contributed by atoms with Crippen molar-refractivity contribution in [1.29, 1.82) is 0 Å². The van der Waals surface area contributed by atoms with E-state index >= 15 is 0 Å². The van der Waals surface area contributed by atoms with E-state index in [2.05, 4.69) is 15.5 Å². The van der Waals surface area contributed by atoms with E-state index in [9.17, 15) is 19.3 Å². The number of thioether (sulfide) groups is 1. The largest absolute Gasteiger partial charge is 0.483 e. The number of nitrogens with one attached hydrogen (secondary N) is 1. The maximum absolute atomic E-state index is 13.3. The molecule has 11 heteroatoms. The lowest BCUT2D eigenvalue weighted by Gasteiger charge is -2.17. The van der Waals surface area contributed by atoms with Gasteiger partial charge in [0.25, 0.3) is 5.69 Å². The first-order valence-electron chi connectivity index (χ1n) is 11.0. The normalized spacial score (nSPS) is 12.5. The summed E-state index contributed by atoms with van der Waals surface area (Å²) in [6.45, 7) is 3.51. The monoisotopic (exact) mass is 507 g/mol. The van der Waals surface area contributed by atoms with Gasteiger partial charge in [0.1, 0.15) is 11.6 Å². The average Bonchev–Trinajstić information content (AvgIpc) is 3.29. The first-order valence-corrected chi connectivity index (χ1v) is 11.8. The number of para-hydroxylation sites is 1. The zero-order valence-corrected chi connectivity index (χ0v) is 20.2. The van der Waals surface area contributed by atoms with Crippen molar-refractivity contribution in [1.82, 2.24) is 14.8 Å². The molecule has 1 aromatic heterocycles. The van der Waals surface area contributed by atoms with Crippen molar-refractivity contribution in [2.75, 3.05) is 5.32 Å². The Bertz CT molecular complexity index is 1360. The molecular weight excluding hydrogens is 485 g/mol. The number of halogens is 1. The number of nitro benzene ring substituents is 1. The van der Waals surface area contributed by atoms with Gasteiger partial charge in [0, 0.05) is 23.5 Å². The summed E-state index contributed by atoms with van der Waals surface area (Å²) in [6.07, 6.45) is -0.536. The van der Waals surface area contributed by atoms with E-state index < -0.39 is 16.3 Å². The molecule has 0 saturated carbocycles. The second-order valence-electron chi connectivity index (χ2n) is 7.78. The number of amides is 1. The van der Waals surface area contributed by atoms with Crippen molar-refractivity contribution in [3.8, 4) is 11.4 Å². The van der Waals surface area contributed by atoms with Crippen molar-refractivity contribution >= 4 is 29.0 Å². The van der Waals surface area contributed by atoms with Crippen molar-refractivity contribution in [2.24, 2.45) is 0 Å². The quantitative estimate of drug-likeness (QED) is 0.179. The summed E-state index contributed by atoms with van der Waals surface area (Å²) in [5.41, 5.74) is 0.991. The highest BCUT2D eigenvalue weighted by Crippen LogP contribution is 2.30. The minimum absolute atomic E-state index is 0.114. The summed E-state index contributed by atoms with van der Waals surface area (Å²) in [6, 6.07) is 20.8. The van der Waals surface area contributed by atoms with Gasteiger partial charge in [-0.25, -0.2) is 4.39 Å². The molecule has 1 heterocycles. The first-order chi connectivity index (χ1) is 17.3. The van der Waals surface area contributed by atoms with Crippen LogP contribution in [0.15, 0.2) is 84.0 Å². The van der Waals surface area contributed by atoms with Crippen LogP contribution in [0.5, 0.6) is 5.75 Å². The van der Waals surface area contributed by atoms with E-state index in [-0.39, 0.29) is 17.4 Å². The Balaban J connectivity index is 1.56. The molecule has 0 aliphatic rings. The average molecular weight is 508 g/mol. The molecule has 1 N–H and O–H groups in total. The van der Waals surface area contributed by atoms with Crippen molar-refractivity contribution in [3.63, 3.8) is 0 Å². The summed E-state index contributed by atoms with van der Waals surface area (Å²) in [7, 11) is 0. The van der Waals surface area contributed by atoms with Crippen LogP contribution in [0.25, 0.3) is 5.69 Å². The Labute approximate surface area is 210 Å². The van der Waals surface area contributed by atoms with Crippen LogP contribution in [0.1, 0.15) is 25.8 Å². The van der Waals surface area contributed by atoms with Gasteiger partial charge in [-0.2, -0.15) is 0 Å². The van der Waals surface area contributed by atoms with Crippen LogP contribution in [0.4, 0.5) is 15.8 Å². The van der Waals surface area contributed by atoms with Gasteiger partial charge in [0.2, 0.25) is 5.91 Å². The Morgan fingerprint density at radius 2 is 1.78 bits per heavy atom. The van der Waals surface area contributed by atoms with Gasteiger partial charge < -0.3 is 10.1 Å². The van der Waals surface area contributed by atoms with Crippen LogP contribution in [-0.2, 0) is 4.79 Å². The van der Waals surface area contributed by atoms with E-state index in [4.69, 9.17) is 4.74 Å². The van der Waals surface area contributed by atoms with Crippen LogP contribution in [-0.4, -0.2) is 30.8 Å². The van der Waals surface area contributed by atoms with Gasteiger partial charge in [-0.15, -0.1) is 10.2 Å². The molecule has 0 spiro atoms. The number of nitrogens with zero attached hydrogens (tertiary/aromatic N) is 4. The summed E-state index contributed by atoms with van der Waals surface area (Å²) in [5, 5.41) is 22.2. The first kappa shape index (κ1) is 24.9. The lowest BCUT2D eigenvalue weighted by atomic mass is 10.2. The lowest BCUT2D eigenvalue weighted by Crippen LogP contribution is -2.23. The number of aromatic nitrogens is 3. The molecule has 2 unspecified atom stereocenters. The second-order valence-corrected chi connectivity index (χ2v) is 9.09. The molecule has 0 saturated heterocycles. The van der Waals surface area contributed by atoms with Gasteiger partial charge in [-0.1, -0.05) is 36.0 Å². The summed E-state index contributed by atoms with van der Waals surface area (Å²) < 4.78 is 21.0. The van der Waals surface area contributed by atoms with Crippen LogP contribution in [0.3, 0.4) is 0 Å². The van der Waals surface area contributed by atoms with Gasteiger partial charge >= 0.3 is 0 Å². The van der Waals surface area contributed by atoms with Crippen LogP contribution >= 0.6 is 11.8 Å². The van der Waals surface area contributed by atoms with Gasteiger partial charge in [0.15, 0.2) is 17.1 Å². The highest BCUT2D eigenvalue weighted by atomic mass is 32.2. The van der Waals surface area contributed by atoms with E-state index in [1.807, 2.05) is 30.3 Å². The van der Waals surface area contributed by atoms with Crippen molar-refractivity contribution in [2.45, 2.75) is 30.4 Å². The molecule has 9 nitrogen and oxygen atoms in total. The van der Waals surface area contributed by atoms with E-state index in [1.54, 1.807) is 24.5 Å². The van der Waals surface area contributed by atoms with Crippen molar-refractivity contribution < 1.29 is 18.8 Å². The number of anilines is 1. The number of rotatable bonds is 9. The zero-order valence-electron chi connectivity index (χ0n) is 19.4. The fourth-order valence-corrected chi connectivity index (χ4v) is 4.24. The maximum atomic E-state index is 13.3. The Morgan fingerprint density at radius 3 is 2.47 bits per heavy atom. The number of hydrogen-bond donors (Lipinski definition) is 1. The summed E-state index contributed by atoms with van der Waals surface area (Å²) in [5.74, 6) is 0.267. The van der Waals surface area contributed by atoms with Crippen LogP contribution in [0.2, 0.25) is 0 Å². The molecule has 0 aliphatic heterocycles. The Morgan fingerprint density at radius 1 is 1.06 bits per heavy atom. The Kier molecular flexibility index (Phi) is 7.59. The SMILES string of the molecule is CC(Sc1nnc(C(C)Oc2ccc(F)cc2)n1-c1ccccc1)C(=O)Nc1cccc([N+](=O)[O-])c1. The number of benzene rings is 3. The minimum Gasteiger partial charge on any atom is -0.483 e. The van der Waals surface area contributed by atoms with E-state index in [0.29, 0.717) is 22.4 Å². The van der Waals surface area contributed by atoms with Crippen molar-refractivity contribution in [3.05, 3.63) is 101 Å². The topological polar surface area (TPSA) is 112 Å². The van der Waals surface area contributed by atoms with Gasteiger partial charge in [-0.3, -0.25) is 19.5 Å². The van der Waals surface area contributed by atoms with Crippen LogP contribution in [0, 0.1) is 15.9 Å². The third-order valence-corrected chi connectivity index (χ3v) is 6.18. The number of hydrogen-bond acceptors (Lipinski definition) is 7. The van der Waals surface area contributed by atoms with Crippen LogP contribution < -0.4 is 10.1 Å². The summed E-state index contributed by atoms with van der Waals surface area (Å²) >= 11 is 1.19.